The van der Waals surface area contributed by atoms with Crippen molar-refractivity contribution in [1.82, 2.24) is 9.88 Å². The van der Waals surface area contributed by atoms with E-state index in [1.54, 1.807) is 18.2 Å². The van der Waals surface area contributed by atoms with E-state index in [0.717, 1.165) is 11.1 Å². The first-order valence-corrected chi connectivity index (χ1v) is 7.95. The molecule has 0 radical (unpaired) electrons. The Balaban J connectivity index is 1.73. The molecule has 2 aromatic carbocycles. The molecule has 0 aliphatic carbocycles. The average Bonchev–Trinajstić information content (AvgIpc) is 3.13. The van der Waals surface area contributed by atoms with Crippen LogP contribution in [0, 0.1) is 6.92 Å². The second kappa shape index (κ2) is 5.82. The molecule has 0 bridgehead atoms. The van der Waals surface area contributed by atoms with E-state index in [1.165, 1.54) is 12.0 Å². The first kappa shape index (κ1) is 15.5. The van der Waals surface area contributed by atoms with Crippen molar-refractivity contribution >= 4 is 22.9 Å². The molecule has 25 heavy (non-hydrogen) atoms. The van der Waals surface area contributed by atoms with Crippen LogP contribution in [0.25, 0.3) is 22.6 Å². The number of carbonyl (C=O) groups is 2. The number of amides is 2. The van der Waals surface area contributed by atoms with Gasteiger partial charge in [0, 0.05) is 12.7 Å². The quantitative estimate of drug-likeness (QED) is 0.685. The Morgan fingerprint density at radius 1 is 1.08 bits per heavy atom. The molecule has 1 aliphatic rings. The maximum absolute atomic E-state index is 12.5. The van der Waals surface area contributed by atoms with Crippen LogP contribution < -0.4 is 0 Å². The van der Waals surface area contributed by atoms with Gasteiger partial charge in [0.2, 0.25) is 5.89 Å². The molecule has 0 unspecified atom stereocenters. The van der Waals surface area contributed by atoms with Crippen LogP contribution in [0.15, 0.2) is 40.8 Å². The topological polar surface area (TPSA) is 72.6 Å². The monoisotopic (exact) mass is 336 g/mol. The maximum atomic E-state index is 12.5. The summed E-state index contributed by atoms with van der Waals surface area (Å²) in [5, 5.41) is 0. The fraction of sp³-hybridized carbons (Fsp3) is 0.211. The second-order valence-electron chi connectivity index (χ2n) is 6.01. The summed E-state index contributed by atoms with van der Waals surface area (Å²) in [6.07, 6.45) is 0. The van der Waals surface area contributed by atoms with Crippen molar-refractivity contribution < 1.29 is 18.7 Å². The minimum Gasteiger partial charge on any atom is -0.436 e. The lowest BCUT2D eigenvalue weighted by Crippen LogP contribution is -2.32. The fourth-order valence-corrected chi connectivity index (χ4v) is 2.97. The Labute approximate surface area is 144 Å². The van der Waals surface area contributed by atoms with Crippen LogP contribution in [0.3, 0.4) is 0 Å². The number of nitrogens with zero attached hydrogens (tertiary/aromatic N) is 2. The molecule has 3 aromatic rings. The summed E-state index contributed by atoms with van der Waals surface area (Å²) in [5.41, 5.74) is 3.98. The Bertz CT molecular complexity index is 1010. The normalized spacial score (nSPS) is 13.8. The molecule has 4 rings (SSSR count). The summed E-state index contributed by atoms with van der Waals surface area (Å²) in [7, 11) is 1.53. The van der Waals surface area contributed by atoms with E-state index >= 15 is 0 Å². The van der Waals surface area contributed by atoms with Gasteiger partial charge in [-0.05, 0) is 42.8 Å². The standard InChI is InChI=1S/C19H16N2O4/c1-11-3-6-16-15(9-11)20-17(25-16)12-4-5-13-14(10-12)19(23)21(18(13)22)7-8-24-2/h3-6,9-10H,7-8H2,1-2H3. The number of fused-ring (bicyclic) bond motifs is 2. The minimum absolute atomic E-state index is 0.236. The zero-order chi connectivity index (χ0) is 17.6. The van der Waals surface area contributed by atoms with E-state index in [-0.39, 0.29) is 18.4 Å². The Morgan fingerprint density at radius 2 is 1.88 bits per heavy atom. The Hall–Kier alpha value is -2.99. The number of methoxy groups -OCH3 is 1. The molecule has 6 nitrogen and oxygen atoms in total. The number of hydrogen-bond donors (Lipinski definition) is 0. The molecule has 2 amide bonds. The van der Waals surface area contributed by atoms with E-state index in [0.29, 0.717) is 34.8 Å². The van der Waals surface area contributed by atoms with Crippen LogP contribution in [0.1, 0.15) is 26.3 Å². The van der Waals surface area contributed by atoms with Crippen molar-refractivity contribution in [1.29, 1.82) is 0 Å². The number of imide groups is 1. The van der Waals surface area contributed by atoms with Gasteiger partial charge in [0.25, 0.3) is 11.8 Å². The van der Waals surface area contributed by atoms with Crippen LogP contribution in [-0.4, -0.2) is 42.0 Å². The fourth-order valence-electron chi connectivity index (χ4n) is 2.97. The SMILES string of the molecule is COCCN1C(=O)c2ccc(-c3nc4cc(C)ccc4o3)cc2C1=O. The van der Waals surface area contributed by atoms with Gasteiger partial charge in [0.1, 0.15) is 5.52 Å². The van der Waals surface area contributed by atoms with E-state index in [9.17, 15) is 9.59 Å². The summed E-state index contributed by atoms with van der Waals surface area (Å²) >= 11 is 0. The van der Waals surface area contributed by atoms with Gasteiger partial charge in [0.15, 0.2) is 5.58 Å². The number of aryl methyl sites for hydroxylation is 1. The van der Waals surface area contributed by atoms with Crippen molar-refractivity contribution in [3.05, 3.63) is 53.1 Å². The third kappa shape index (κ3) is 2.51. The van der Waals surface area contributed by atoms with Crippen molar-refractivity contribution in [3.8, 4) is 11.5 Å². The van der Waals surface area contributed by atoms with Gasteiger partial charge in [0.05, 0.1) is 24.3 Å². The van der Waals surface area contributed by atoms with E-state index < -0.39 is 0 Å². The second-order valence-corrected chi connectivity index (χ2v) is 6.01. The lowest BCUT2D eigenvalue weighted by Gasteiger charge is -2.12. The number of ether oxygens (including phenoxy) is 1. The zero-order valence-electron chi connectivity index (χ0n) is 13.9. The van der Waals surface area contributed by atoms with Crippen LogP contribution in [-0.2, 0) is 4.74 Å². The van der Waals surface area contributed by atoms with Gasteiger partial charge in [-0.1, -0.05) is 6.07 Å². The summed E-state index contributed by atoms with van der Waals surface area (Å²) < 4.78 is 10.7. The highest BCUT2D eigenvalue weighted by Crippen LogP contribution is 2.30. The molecule has 126 valence electrons. The minimum atomic E-state index is -0.314. The predicted molar refractivity (Wildman–Crippen MR) is 91.4 cm³/mol. The van der Waals surface area contributed by atoms with Crippen molar-refractivity contribution in [2.75, 3.05) is 20.3 Å². The molecule has 2 heterocycles. The van der Waals surface area contributed by atoms with Gasteiger partial charge >= 0.3 is 0 Å². The number of hydrogen-bond acceptors (Lipinski definition) is 5. The van der Waals surface area contributed by atoms with Crippen molar-refractivity contribution in [2.45, 2.75) is 6.92 Å². The van der Waals surface area contributed by atoms with Crippen LogP contribution in [0.2, 0.25) is 0 Å². The van der Waals surface area contributed by atoms with Crippen LogP contribution >= 0.6 is 0 Å². The highest BCUT2D eigenvalue weighted by atomic mass is 16.5. The van der Waals surface area contributed by atoms with Gasteiger partial charge < -0.3 is 9.15 Å². The molecule has 0 atom stereocenters. The lowest BCUT2D eigenvalue weighted by atomic mass is 10.1. The predicted octanol–water partition coefficient (Wildman–Crippen LogP) is 3.05. The molecule has 1 aliphatic heterocycles. The largest absolute Gasteiger partial charge is 0.436 e. The van der Waals surface area contributed by atoms with E-state index in [1.807, 2.05) is 25.1 Å². The Kier molecular flexibility index (Phi) is 3.62. The average molecular weight is 336 g/mol. The highest BCUT2D eigenvalue weighted by molar-refractivity contribution is 6.21. The summed E-state index contributed by atoms with van der Waals surface area (Å²) in [6, 6.07) is 10.8. The Morgan fingerprint density at radius 3 is 2.68 bits per heavy atom. The van der Waals surface area contributed by atoms with Crippen LogP contribution in [0.5, 0.6) is 0 Å². The zero-order valence-corrected chi connectivity index (χ0v) is 13.9. The van der Waals surface area contributed by atoms with Gasteiger partial charge in [-0.15, -0.1) is 0 Å². The number of rotatable bonds is 4. The highest BCUT2D eigenvalue weighted by Gasteiger charge is 2.35. The molecule has 0 N–H and O–H groups in total. The van der Waals surface area contributed by atoms with Crippen molar-refractivity contribution in [2.24, 2.45) is 0 Å². The summed E-state index contributed by atoms with van der Waals surface area (Å²) in [6.45, 7) is 2.53. The summed E-state index contributed by atoms with van der Waals surface area (Å²) in [5.74, 6) is -0.179. The molecule has 0 saturated carbocycles. The lowest BCUT2D eigenvalue weighted by molar-refractivity contribution is 0.0603. The smallest absolute Gasteiger partial charge is 0.261 e. The number of carbonyl (C=O) groups excluding carboxylic acids is 2. The first-order valence-electron chi connectivity index (χ1n) is 7.95. The van der Waals surface area contributed by atoms with Crippen LogP contribution in [0.4, 0.5) is 0 Å². The summed E-state index contributed by atoms with van der Waals surface area (Å²) in [4.78, 5) is 30.5. The number of benzene rings is 2. The van der Waals surface area contributed by atoms with Gasteiger partial charge in [-0.2, -0.15) is 0 Å². The number of oxazole rings is 1. The molecule has 0 fully saturated rings. The molecular formula is C19H16N2O4. The van der Waals surface area contributed by atoms with Gasteiger partial charge in [-0.3, -0.25) is 14.5 Å². The number of aromatic nitrogens is 1. The maximum Gasteiger partial charge on any atom is 0.261 e. The third-order valence-electron chi connectivity index (χ3n) is 4.28. The van der Waals surface area contributed by atoms with E-state index in [2.05, 4.69) is 4.98 Å². The third-order valence-corrected chi connectivity index (χ3v) is 4.28. The first-order chi connectivity index (χ1) is 12.1. The molecular weight excluding hydrogens is 320 g/mol. The molecule has 1 aromatic heterocycles. The molecule has 0 spiro atoms. The molecule has 6 heteroatoms. The molecule has 0 saturated heterocycles. The van der Waals surface area contributed by atoms with Crippen molar-refractivity contribution in [3.63, 3.8) is 0 Å². The van der Waals surface area contributed by atoms with E-state index in [4.69, 9.17) is 9.15 Å². The van der Waals surface area contributed by atoms with Gasteiger partial charge in [-0.25, -0.2) is 4.98 Å².